The number of alkyl halides is 8. The van der Waals surface area contributed by atoms with Crippen molar-refractivity contribution in [3.8, 4) is 0 Å². The second-order valence-electron chi connectivity index (χ2n) is 7.52. The number of anilines is 1. The average Bonchev–Trinajstić information content (AvgIpc) is 2.80. The highest BCUT2D eigenvalue weighted by Gasteiger charge is 2.62. The van der Waals surface area contributed by atoms with Crippen molar-refractivity contribution in [1.82, 2.24) is 5.32 Å². The van der Waals surface area contributed by atoms with Crippen molar-refractivity contribution in [2.75, 3.05) is 18.9 Å². The van der Waals surface area contributed by atoms with E-state index in [4.69, 9.17) is 11.6 Å². The molecular weight excluding hydrogens is 540 g/mol. The average molecular weight is 559 g/mol. The monoisotopic (exact) mass is 558 g/mol. The van der Waals surface area contributed by atoms with Crippen LogP contribution in [0.25, 0.3) is 0 Å². The van der Waals surface area contributed by atoms with Crippen molar-refractivity contribution in [3.05, 3.63) is 63.9 Å². The van der Waals surface area contributed by atoms with Gasteiger partial charge in [0, 0.05) is 19.3 Å². The number of hydrogen-bond donors (Lipinski definition) is 3. The number of nitrogens with one attached hydrogen (secondary N) is 2. The Morgan fingerprint density at radius 1 is 1.08 bits per heavy atom. The Balaban J connectivity index is 2.36. The summed E-state index contributed by atoms with van der Waals surface area (Å²) in [6, 6.07) is 3.14. The van der Waals surface area contributed by atoms with Gasteiger partial charge in [-0.1, -0.05) is 29.8 Å². The zero-order chi connectivity index (χ0) is 28.2. The van der Waals surface area contributed by atoms with Crippen molar-refractivity contribution < 1.29 is 44.7 Å². The molecule has 0 unspecified atom stereocenters. The fourth-order valence-electron chi connectivity index (χ4n) is 3.09. The predicted octanol–water partition coefficient (Wildman–Crippen LogP) is 5.33. The van der Waals surface area contributed by atoms with Gasteiger partial charge in [0.2, 0.25) is 0 Å². The van der Waals surface area contributed by atoms with Crippen LogP contribution in [0.3, 0.4) is 0 Å². The number of rotatable bonds is 7. The second kappa shape index (κ2) is 11.3. The summed E-state index contributed by atoms with van der Waals surface area (Å²) in [4.78, 5) is 28.0. The molecule has 0 bridgehead atoms. The van der Waals surface area contributed by atoms with Gasteiger partial charge in [0.15, 0.2) is 0 Å². The molecule has 202 valence electrons. The highest BCUT2D eigenvalue weighted by molar-refractivity contribution is 6.49. The lowest BCUT2D eigenvalue weighted by Crippen LogP contribution is -2.45. The van der Waals surface area contributed by atoms with E-state index in [2.05, 4.69) is 16.0 Å². The van der Waals surface area contributed by atoms with E-state index in [9.17, 15) is 44.7 Å². The molecule has 1 aromatic carbocycles. The molecule has 2 amide bonds. The number of nitrogens with two attached hydrogens (primary N) is 1. The molecule has 0 aliphatic heterocycles. The summed E-state index contributed by atoms with van der Waals surface area (Å²) in [5.41, 5.74) is -2.69. The van der Waals surface area contributed by atoms with Crippen LogP contribution in [0, 0.1) is 0 Å². The number of carbonyl (C=O) groups excluding carboxylic acids is 2. The van der Waals surface area contributed by atoms with Crippen LogP contribution in [0.2, 0.25) is 5.02 Å². The Bertz CT molecular complexity index is 1180. The smallest absolute Gasteiger partial charge is 0.396 e. The van der Waals surface area contributed by atoms with Crippen LogP contribution >= 0.6 is 11.6 Å². The first kappa shape index (κ1) is 29.8. The van der Waals surface area contributed by atoms with Crippen LogP contribution in [-0.4, -0.2) is 49.4 Å². The van der Waals surface area contributed by atoms with Crippen molar-refractivity contribution in [1.29, 1.82) is 0 Å². The fourth-order valence-corrected chi connectivity index (χ4v) is 3.30. The Morgan fingerprint density at radius 3 is 2.24 bits per heavy atom. The van der Waals surface area contributed by atoms with E-state index in [-0.39, 0.29) is 22.8 Å². The number of aliphatic imine (C=N–C) groups is 1. The number of benzene rings is 1. The molecule has 1 aliphatic rings. The maximum Gasteiger partial charge on any atom is 0.459 e. The van der Waals surface area contributed by atoms with Gasteiger partial charge in [-0.15, -0.1) is 0 Å². The molecule has 6 nitrogen and oxygen atoms in total. The third-order valence-electron chi connectivity index (χ3n) is 4.92. The topological polar surface area (TPSA) is 96.6 Å². The molecule has 0 saturated carbocycles. The van der Waals surface area contributed by atoms with Crippen LogP contribution < -0.4 is 16.4 Å². The van der Waals surface area contributed by atoms with Gasteiger partial charge in [0.25, 0.3) is 11.8 Å². The summed E-state index contributed by atoms with van der Waals surface area (Å²) in [7, 11) is 0.564. The van der Waals surface area contributed by atoms with Crippen molar-refractivity contribution in [2.24, 2.45) is 10.7 Å². The first-order valence-electron chi connectivity index (χ1n) is 10.2. The zero-order valence-electron chi connectivity index (χ0n) is 18.8. The van der Waals surface area contributed by atoms with Gasteiger partial charge in [0.05, 0.1) is 10.6 Å². The normalized spacial score (nSPS) is 15.6. The molecule has 0 spiro atoms. The maximum absolute atomic E-state index is 13.6. The number of allylic oxidation sites excluding steroid dienone is 3. The first-order chi connectivity index (χ1) is 17.0. The highest BCUT2D eigenvalue weighted by atomic mass is 35.5. The second-order valence-corrected chi connectivity index (χ2v) is 7.93. The van der Waals surface area contributed by atoms with Crippen LogP contribution in [0.15, 0.2) is 58.3 Å². The molecule has 0 atom stereocenters. The molecule has 1 aliphatic carbocycles. The van der Waals surface area contributed by atoms with Gasteiger partial charge in [-0.2, -0.15) is 35.1 Å². The third kappa shape index (κ3) is 7.08. The van der Waals surface area contributed by atoms with E-state index in [0.29, 0.717) is 7.05 Å². The first-order valence-corrected chi connectivity index (χ1v) is 10.6. The summed E-state index contributed by atoms with van der Waals surface area (Å²) in [6.45, 7) is 0.126. The van der Waals surface area contributed by atoms with E-state index < -0.39 is 47.1 Å². The molecule has 0 fully saturated rings. The Hall–Kier alpha value is -3.42. The van der Waals surface area contributed by atoms with E-state index in [1.165, 1.54) is 0 Å². The number of amides is 2. The summed E-state index contributed by atoms with van der Waals surface area (Å²) in [5.74, 6) is -8.65. The maximum atomic E-state index is 13.6. The van der Waals surface area contributed by atoms with E-state index >= 15 is 0 Å². The van der Waals surface area contributed by atoms with Gasteiger partial charge < -0.3 is 16.4 Å². The van der Waals surface area contributed by atoms with E-state index in [0.717, 1.165) is 36.6 Å². The Morgan fingerprint density at radius 2 is 1.73 bits per heavy atom. The van der Waals surface area contributed by atoms with E-state index in [1.54, 1.807) is 6.08 Å². The lowest BCUT2D eigenvalue weighted by molar-refractivity contribution is -0.265. The number of nitrogens with zero attached hydrogens (tertiary/aromatic N) is 1. The summed E-state index contributed by atoms with van der Waals surface area (Å²) >= 11 is 6.00. The van der Waals surface area contributed by atoms with Crippen molar-refractivity contribution in [3.63, 3.8) is 0 Å². The SMILES string of the molecule is CN=C(C(=O)Nc1ccc(Cl)c(C(=O)NCC2=CCCC=C2)c1)C(=C(N)C(F)(F)C(F)(F)F)C(F)(F)F. The van der Waals surface area contributed by atoms with Crippen LogP contribution in [0.1, 0.15) is 23.2 Å². The summed E-state index contributed by atoms with van der Waals surface area (Å²) < 4.78 is 106. The van der Waals surface area contributed by atoms with Crippen LogP contribution in [0.5, 0.6) is 0 Å². The molecule has 37 heavy (non-hydrogen) atoms. The highest BCUT2D eigenvalue weighted by Crippen LogP contribution is 2.43. The molecule has 0 saturated heterocycles. The minimum absolute atomic E-state index is 0.0991. The molecule has 0 radical (unpaired) electrons. The number of carbonyl (C=O) groups is 2. The number of halogens is 9. The van der Waals surface area contributed by atoms with Gasteiger partial charge in [-0.25, -0.2) is 0 Å². The van der Waals surface area contributed by atoms with Gasteiger partial charge in [-0.05, 0) is 36.6 Å². The standard InChI is InChI=1S/C22H19ClF8N4O2/c1-33-16(15(21(26,27)28)17(32)20(24,25)22(29,30)31)19(37)35-12-7-8-14(23)13(9-12)18(36)34-10-11-5-3-2-4-6-11/h3,5-9H,2,4,10,32H2,1H3,(H,34,36)(H,35,37). The largest absolute Gasteiger partial charge is 0.459 e. The molecule has 0 heterocycles. The molecule has 1 aromatic rings. The lowest BCUT2D eigenvalue weighted by Gasteiger charge is -2.24. The Labute approximate surface area is 209 Å². The molecule has 4 N–H and O–H groups in total. The fraction of sp³-hybridized carbons (Fsp3) is 0.318. The van der Waals surface area contributed by atoms with Crippen molar-refractivity contribution in [2.45, 2.75) is 31.1 Å². The Kier molecular flexibility index (Phi) is 9.12. The predicted molar refractivity (Wildman–Crippen MR) is 121 cm³/mol. The van der Waals surface area contributed by atoms with Gasteiger partial charge >= 0.3 is 18.3 Å². The quantitative estimate of drug-likeness (QED) is 0.312. The van der Waals surface area contributed by atoms with E-state index in [1.807, 2.05) is 17.5 Å². The zero-order valence-corrected chi connectivity index (χ0v) is 19.6. The van der Waals surface area contributed by atoms with Gasteiger partial charge in [-0.3, -0.25) is 14.6 Å². The molecular formula is C22H19ClF8N4O2. The minimum Gasteiger partial charge on any atom is -0.396 e. The van der Waals surface area contributed by atoms with Crippen LogP contribution in [0.4, 0.5) is 40.8 Å². The van der Waals surface area contributed by atoms with Crippen molar-refractivity contribution >= 4 is 34.8 Å². The van der Waals surface area contributed by atoms with Gasteiger partial charge in [0.1, 0.15) is 17.0 Å². The third-order valence-corrected chi connectivity index (χ3v) is 5.25. The summed E-state index contributed by atoms with van der Waals surface area (Å²) in [5, 5.41) is 4.34. The van der Waals surface area contributed by atoms with Crippen LogP contribution in [-0.2, 0) is 4.79 Å². The number of hydrogen-bond acceptors (Lipinski definition) is 4. The minimum atomic E-state index is -6.48. The molecule has 2 rings (SSSR count). The lowest BCUT2D eigenvalue weighted by atomic mass is 10.0. The summed E-state index contributed by atoms with van der Waals surface area (Å²) in [6.07, 6.45) is -5.18. The molecule has 15 heteroatoms. The molecule has 0 aromatic heterocycles.